The normalized spacial score (nSPS) is 18.3. The Morgan fingerprint density at radius 2 is 2.36 bits per heavy atom. The summed E-state index contributed by atoms with van der Waals surface area (Å²) in [7, 11) is 0. The van der Waals surface area contributed by atoms with E-state index in [1.807, 2.05) is 0 Å². The lowest BCUT2D eigenvalue weighted by molar-refractivity contribution is 0.402. The molecule has 3 nitrogen and oxygen atoms in total. The molecule has 1 aromatic rings. The van der Waals surface area contributed by atoms with Crippen molar-refractivity contribution in [1.29, 1.82) is 0 Å². The van der Waals surface area contributed by atoms with E-state index >= 15 is 0 Å². The lowest BCUT2D eigenvalue weighted by atomic mass is 9.85. The summed E-state index contributed by atoms with van der Waals surface area (Å²) in [5, 5.41) is 6.90. The fourth-order valence-electron chi connectivity index (χ4n) is 1.22. The van der Waals surface area contributed by atoms with Crippen molar-refractivity contribution < 1.29 is 0 Å². The van der Waals surface area contributed by atoms with Crippen molar-refractivity contribution in [2.45, 2.75) is 31.1 Å². The fourth-order valence-corrected chi connectivity index (χ4v) is 1.34. The first-order chi connectivity index (χ1) is 5.40. The van der Waals surface area contributed by atoms with Gasteiger partial charge in [0.15, 0.2) is 5.82 Å². The average molecular weight is 172 g/mol. The van der Waals surface area contributed by atoms with E-state index in [4.69, 9.17) is 11.6 Å². The number of alkyl halides is 1. The van der Waals surface area contributed by atoms with Crippen molar-refractivity contribution in [3.63, 3.8) is 0 Å². The summed E-state index contributed by atoms with van der Waals surface area (Å²) in [6, 6.07) is 0. The van der Waals surface area contributed by atoms with Gasteiger partial charge in [0.25, 0.3) is 0 Å². The minimum absolute atomic E-state index is 0.430. The maximum Gasteiger partial charge on any atom is 0.153 e. The first-order valence-corrected chi connectivity index (χ1v) is 4.40. The highest BCUT2D eigenvalue weighted by molar-refractivity contribution is 6.16. The molecule has 0 spiro atoms. The molecule has 0 radical (unpaired) electrons. The molecule has 0 atom stereocenters. The van der Waals surface area contributed by atoms with Gasteiger partial charge in [-0.25, -0.2) is 4.98 Å². The average Bonchev–Trinajstić information content (AvgIpc) is 2.32. The van der Waals surface area contributed by atoms with Crippen molar-refractivity contribution >= 4 is 11.6 Å². The van der Waals surface area contributed by atoms with Gasteiger partial charge >= 0.3 is 0 Å². The second-order valence-corrected chi connectivity index (χ2v) is 3.17. The number of hydrogen-bond acceptors (Lipinski definition) is 2. The van der Waals surface area contributed by atoms with Crippen molar-refractivity contribution in [1.82, 2.24) is 15.2 Å². The van der Waals surface area contributed by atoms with E-state index in [0.29, 0.717) is 11.8 Å². The Morgan fingerprint density at radius 1 is 1.55 bits per heavy atom. The Kier molecular flexibility index (Phi) is 1.82. The first kappa shape index (κ1) is 7.10. The predicted molar refractivity (Wildman–Crippen MR) is 42.5 cm³/mol. The topological polar surface area (TPSA) is 41.6 Å². The summed E-state index contributed by atoms with van der Waals surface area (Å²) in [6.45, 7) is 0. The van der Waals surface area contributed by atoms with Crippen molar-refractivity contribution in [3.05, 3.63) is 11.6 Å². The molecular weight excluding hydrogens is 162 g/mol. The van der Waals surface area contributed by atoms with E-state index in [2.05, 4.69) is 15.2 Å². The highest BCUT2D eigenvalue weighted by atomic mass is 35.5. The molecule has 0 saturated heterocycles. The van der Waals surface area contributed by atoms with Crippen LogP contribution in [0, 0.1) is 0 Å². The predicted octanol–water partition coefficient (Wildman–Crippen LogP) is 1.81. The Balaban J connectivity index is 2.11. The molecule has 0 aromatic carbocycles. The van der Waals surface area contributed by atoms with E-state index in [-0.39, 0.29) is 0 Å². The molecule has 0 unspecified atom stereocenters. The van der Waals surface area contributed by atoms with E-state index in [1.54, 1.807) is 0 Å². The van der Waals surface area contributed by atoms with Crippen LogP contribution in [-0.4, -0.2) is 15.2 Å². The van der Waals surface area contributed by atoms with E-state index in [9.17, 15) is 0 Å². The lowest BCUT2D eigenvalue weighted by Crippen LogP contribution is -2.10. The van der Waals surface area contributed by atoms with Crippen LogP contribution in [-0.2, 0) is 5.88 Å². The maximum absolute atomic E-state index is 5.57. The molecule has 0 amide bonds. The van der Waals surface area contributed by atoms with Gasteiger partial charge in [0.1, 0.15) is 5.82 Å². The summed E-state index contributed by atoms with van der Waals surface area (Å²) in [6.07, 6.45) is 3.79. The number of H-pyrrole nitrogens is 1. The molecule has 4 heteroatoms. The fraction of sp³-hybridized carbons (Fsp3) is 0.714. The zero-order valence-electron chi connectivity index (χ0n) is 6.18. The summed E-state index contributed by atoms with van der Waals surface area (Å²) in [5.41, 5.74) is 0. The second-order valence-electron chi connectivity index (χ2n) is 2.90. The largest absolute Gasteiger partial charge is 0.262 e. The third-order valence-corrected chi connectivity index (χ3v) is 2.40. The van der Waals surface area contributed by atoms with Crippen LogP contribution in [0.15, 0.2) is 0 Å². The zero-order chi connectivity index (χ0) is 7.68. The molecule has 1 aromatic heterocycles. The number of aromatic nitrogens is 3. The third kappa shape index (κ3) is 1.25. The summed E-state index contributed by atoms with van der Waals surface area (Å²) in [5.74, 6) is 2.77. The minimum Gasteiger partial charge on any atom is -0.262 e. The van der Waals surface area contributed by atoms with Gasteiger partial charge in [-0.2, -0.15) is 5.10 Å². The van der Waals surface area contributed by atoms with Crippen LogP contribution in [0.1, 0.15) is 36.8 Å². The van der Waals surface area contributed by atoms with Gasteiger partial charge in [-0.05, 0) is 12.8 Å². The number of nitrogens with one attached hydrogen (secondary N) is 1. The van der Waals surface area contributed by atoms with E-state index in [0.717, 1.165) is 11.6 Å². The highest BCUT2D eigenvalue weighted by Gasteiger charge is 2.23. The summed E-state index contributed by atoms with van der Waals surface area (Å²) in [4.78, 5) is 4.25. The molecule has 1 fully saturated rings. The standard InChI is InChI=1S/C7H10ClN3/c8-4-6-9-7(11-10-6)5-2-1-3-5/h5H,1-4H2,(H,9,10,11). The van der Waals surface area contributed by atoms with Gasteiger partial charge < -0.3 is 0 Å². The van der Waals surface area contributed by atoms with Gasteiger partial charge in [0, 0.05) is 5.92 Å². The SMILES string of the molecule is ClCc1nc(C2CCC2)n[nH]1. The van der Waals surface area contributed by atoms with Gasteiger partial charge in [0.2, 0.25) is 0 Å². The molecular formula is C7H10ClN3. The number of halogens is 1. The van der Waals surface area contributed by atoms with Crippen LogP contribution in [0.2, 0.25) is 0 Å². The number of nitrogens with zero attached hydrogens (tertiary/aromatic N) is 2. The van der Waals surface area contributed by atoms with Crippen LogP contribution >= 0.6 is 11.6 Å². The van der Waals surface area contributed by atoms with Crippen LogP contribution in [0.5, 0.6) is 0 Å². The molecule has 11 heavy (non-hydrogen) atoms. The molecule has 1 saturated carbocycles. The molecule has 0 bridgehead atoms. The maximum atomic E-state index is 5.57. The Bertz CT molecular complexity index is 242. The van der Waals surface area contributed by atoms with Crippen molar-refractivity contribution in [3.8, 4) is 0 Å². The second kappa shape index (κ2) is 2.81. The molecule has 60 valence electrons. The Labute approximate surface area is 70.2 Å². The molecule has 0 aliphatic heterocycles. The molecule has 1 aliphatic rings. The number of rotatable bonds is 2. The molecule has 1 N–H and O–H groups in total. The molecule has 1 heterocycles. The van der Waals surface area contributed by atoms with Crippen LogP contribution in [0.25, 0.3) is 0 Å². The van der Waals surface area contributed by atoms with Gasteiger partial charge in [-0.1, -0.05) is 6.42 Å². The Morgan fingerprint density at radius 3 is 2.82 bits per heavy atom. The smallest absolute Gasteiger partial charge is 0.153 e. The number of hydrogen-bond donors (Lipinski definition) is 1. The van der Waals surface area contributed by atoms with Crippen LogP contribution in [0.4, 0.5) is 0 Å². The van der Waals surface area contributed by atoms with Gasteiger partial charge in [0.05, 0.1) is 5.88 Å². The van der Waals surface area contributed by atoms with Gasteiger partial charge in [-0.3, -0.25) is 5.10 Å². The van der Waals surface area contributed by atoms with Crippen molar-refractivity contribution in [2.24, 2.45) is 0 Å². The van der Waals surface area contributed by atoms with Gasteiger partial charge in [-0.15, -0.1) is 11.6 Å². The summed E-state index contributed by atoms with van der Waals surface area (Å²) < 4.78 is 0. The van der Waals surface area contributed by atoms with Crippen molar-refractivity contribution in [2.75, 3.05) is 0 Å². The molecule has 1 aliphatic carbocycles. The zero-order valence-corrected chi connectivity index (χ0v) is 6.93. The third-order valence-electron chi connectivity index (χ3n) is 2.15. The van der Waals surface area contributed by atoms with Crippen LogP contribution < -0.4 is 0 Å². The summed E-state index contributed by atoms with van der Waals surface area (Å²) >= 11 is 5.57. The van der Waals surface area contributed by atoms with E-state index in [1.165, 1.54) is 19.3 Å². The first-order valence-electron chi connectivity index (χ1n) is 3.87. The minimum atomic E-state index is 0.430. The lowest BCUT2D eigenvalue weighted by Gasteiger charge is -2.21. The monoisotopic (exact) mass is 171 g/mol. The Hall–Kier alpha value is -0.570. The van der Waals surface area contributed by atoms with E-state index < -0.39 is 0 Å². The molecule has 2 rings (SSSR count). The quantitative estimate of drug-likeness (QED) is 0.690. The number of aromatic amines is 1. The van der Waals surface area contributed by atoms with Crippen LogP contribution in [0.3, 0.4) is 0 Å². The highest BCUT2D eigenvalue weighted by Crippen LogP contribution is 2.33.